The lowest BCUT2D eigenvalue weighted by Crippen LogP contribution is -2.29. The number of benzene rings is 1. The van der Waals surface area contributed by atoms with Gasteiger partial charge in [-0.15, -0.1) is 11.3 Å². The molecule has 3 heterocycles. The molecule has 1 N–H and O–H groups in total. The summed E-state index contributed by atoms with van der Waals surface area (Å²) in [5.41, 5.74) is 1.84. The van der Waals surface area contributed by atoms with Crippen LogP contribution in [0.25, 0.3) is 0 Å². The molecule has 4 rings (SSSR count). The number of nitrogens with zero attached hydrogens (tertiary/aromatic N) is 3. The Morgan fingerprint density at radius 3 is 2.96 bits per heavy atom. The maximum atomic E-state index is 14.0. The van der Waals surface area contributed by atoms with Crippen molar-refractivity contribution in [3.05, 3.63) is 75.3 Å². The summed E-state index contributed by atoms with van der Waals surface area (Å²) in [6.07, 6.45) is 2.32. The third-order valence-corrected chi connectivity index (χ3v) is 5.72. The second kappa shape index (κ2) is 7.72. The van der Waals surface area contributed by atoms with Crippen molar-refractivity contribution in [1.29, 1.82) is 0 Å². The molecule has 0 radical (unpaired) electrons. The highest BCUT2D eigenvalue weighted by atomic mass is 35.5. The minimum absolute atomic E-state index is 0.281. The highest BCUT2D eigenvalue weighted by molar-refractivity contribution is 7.15. The number of pyridine rings is 1. The van der Waals surface area contributed by atoms with Crippen LogP contribution in [-0.4, -0.2) is 27.3 Å². The van der Waals surface area contributed by atoms with Crippen LogP contribution in [0.3, 0.4) is 0 Å². The molecular formula is C19H16ClFN4OS. The van der Waals surface area contributed by atoms with Crippen LogP contribution in [0.2, 0.25) is 5.02 Å². The van der Waals surface area contributed by atoms with E-state index in [1.54, 1.807) is 36.5 Å². The molecule has 5 nitrogen and oxygen atoms in total. The lowest BCUT2D eigenvalue weighted by atomic mass is 10.1. The van der Waals surface area contributed by atoms with E-state index in [1.807, 2.05) is 0 Å². The first-order chi connectivity index (χ1) is 13.1. The number of aromatic nitrogens is 2. The first kappa shape index (κ1) is 18.0. The van der Waals surface area contributed by atoms with Gasteiger partial charge in [-0.25, -0.2) is 9.37 Å². The van der Waals surface area contributed by atoms with Crippen molar-refractivity contribution in [2.24, 2.45) is 0 Å². The second-order valence-corrected chi connectivity index (χ2v) is 7.71. The molecule has 1 aliphatic heterocycles. The van der Waals surface area contributed by atoms with Crippen molar-refractivity contribution < 1.29 is 9.18 Å². The van der Waals surface area contributed by atoms with Gasteiger partial charge in [0, 0.05) is 47.7 Å². The monoisotopic (exact) mass is 402 g/mol. The van der Waals surface area contributed by atoms with Gasteiger partial charge in [-0.05, 0) is 24.3 Å². The van der Waals surface area contributed by atoms with Crippen molar-refractivity contribution in [3.8, 4) is 0 Å². The third kappa shape index (κ3) is 4.00. The maximum absolute atomic E-state index is 14.0. The Balaban J connectivity index is 1.45. The minimum atomic E-state index is -0.291. The van der Waals surface area contributed by atoms with Crippen LogP contribution in [-0.2, 0) is 19.5 Å². The summed E-state index contributed by atoms with van der Waals surface area (Å²) in [6, 6.07) is 9.91. The lowest BCUT2D eigenvalue weighted by Gasteiger charge is -2.26. The molecule has 2 aromatic heterocycles. The quantitative estimate of drug-likeness (QED) is 0.712. The van der Waals surface area contributed by atoms with Crippen LogP contribution in [0.5, 0.6) is 0 Å². The Hall–Kier alpha value is -2.35. The van der Waals surface area contributed by atoms with E-state index >= 15 is 0 Å². The van der Waals surface area contributed by atoms with Gasteiger partial charge in [-0.1, -0.05) is 23.7 Å². The van der Waals surface area contributed by atoms with E-state index in [1.165, 1.54) is 17.4 Å². The summed E-state index contributed by atoms with van der Waals surface area (Å²) in [5, 5.41) is 3.80. The molecule has 0 bridgehead atoms. The Bertz CT molecular complexity index is 959. The molecule has 0 aliphatic carbocycles. The number of amides is 1. The largest absolute Gasteiger partial charge is 0.296 e. The van der Waals surface area contributed by atoms with E-state index in [0.29, 0.717) is 34.5 Å². The topological polar surface area (TPSA) is 58.1 Å². The number of halogens is 2. The van der Waals surface area contributed by atoms with Crippen LogP contribution in [0, 0.1) is 5.82 Å². The van der Waals surface area contributed by atoms with Crippen LogP contribution in [0.4, 0.5) is 9.52 Å². The molecule has 8 heteroatoms. The smallest absolute Gasteiger partial charge is 0.276 e. The average Bonchev–Trinajstić information content (AvgIpc) is 3.07. The maximum Gasteiger partial charge on any atom is 0.276 e. The van der Waals surface area contributed by atoms with Gasteiger partial charge in [0.05, 0.1) is 5.69 Å². The van der Waals surface area contributed by atoms with Gasteiger partial charge in [0.15, 0.2) is 5.13 Å². The molecule has 138 valence electrons. The zero-order valence-electron chi connectivity index (χ0n) is 14.3. The number of fused-ring (bicyclic) bond motifs is 1. The number of rotatable bonds is 4. The lowest BCUT2D eigenvalue weighted by molar-refractivity contribution is 0.102. The zero-order chi connectivity index (χ0) is 18.8. The fourth-order valence-corrected chi connectivity index (χ4v) is 4.27. The SMILES string of the molecule is O=C(Nc1nc2c(s1)CN(Cc1c(F)cccc1Cl)CC2)c1ccccn1. The van der Waals surface area contributed by atoms with Gasteiger partial charge in [-0.2, -0.15) is 0 Å². The predicted molar refractivity (Wildman–Crippen MR) is 104 cm³/mol. The number of carbonyl (C=O) groups is 1. The summed E-state index contributed by atoms with van der Waals surface area (Å²) in [5.74, 6) is -0.572. The van der Waals surface area contributed by atoms with E-state index in [-0.39, 0.29) is 11.7 Å². The molecular weight excluding hydrogens is 387 g/mol. The van der Waals surface area contributed by atoms with E-state index in [4.69, 9.17) is 11.6 Å². The van der Waals surface area contributed by atoms with Crippen LogP contribution >= 0.6 is 22.9 Å². The van der Waals surface area contributed by atoms with Gasteiger partial charge >= 0.3 is 0 Å². The summed E-state index contributed by atoms with van der Waals surface area (Å²) in [6.45, 7) is 1.85. The predicted octanol–water partition coefficient (Wildman–Crippen LogP) is 4.14. The van der Waals surface area contributed by atoms with Crippen molar-refractivity contribution in [2.75, 3.05) is 11.9 Å². The van der Waals surface area contributed by atoms with Crippen molar-refractivity contribution in [2.45, 2.75) is 19.5 Å². The fourth-order valence-electron chi connectivity index (χ4n) is 3.00. The number of nitrogens with one attached hydrogen (secondary N) is 1. The average molecular weight is 403 g/mol. The molecule has 0 saturated carbocycles. The minimum Gasteiger partial charge on any atom is -0.296 e. The first-order valence-electron chi connectivity index (χ1n) is 8.46. The van der Waals surface area contributed by atoms with E-state index in [0.717, 1.165) is 23.5 Å². The Labute approximate surface area is 164 Å². The Morgan fingerprint density at radius 1 is 1.30 bits per heavy atom. The van der Waals surface area contributed by atoms with Gasteiger partial charge in [0.1, 0.15) is 11.5 Å². The van der Waals surface area contributed by atoms with Crippen LogP contribution in [0.1, 0.15) is 26.6 Å². The molecule has 0 saturated heterocycles. The fraction of sp³-hybridized carbons (Fsp3) is 0.211. The number of hydrogen-bond donors (Lipinski definition) is 1. The normalized spacial score (nSPS) is 14.0. The second-order valence-electron chi connectivity index (χ2n) is 6.22. The van der Waals surface area contributed by atoms with Gasteiger partial charge in [0.25, 0.3) is 5.91 Å². The summed E-state index contributed by atoms with van der Waals surface area (Å²) < 4.78 is 14.0. The Morgan fingerprint density at radius 2 is 2.19 bits per heavy atom. The van der Waals surface area contributed by atoms with E-state index in [9.17, 15) is 9.18 Å². The molecule has 1 aliphatic rings. The van der Waals surface area contributed by atoms with Crippen LogP contribution in [0.15, 0.2) is 42.6 Å². The standard InChI is InChI=1S/C19H16ClFN4OS/c20-13-4-3-5-14(21)12(13)10-25-9-7-15-17(11-25)27-19(23-15)24-18(26)16-6-1-2-8-22-16/h1-6,8H,7,9-11H2,(H,23,24,26). The van der Waals surface area contributed by atoms with Crippen LogP contribution < -0.4 is 5.32 Å². The molecule has 0 atom stereocenters. The van der Waals surface area contributed by atoms with Gasteiger partial charge in [0.2, 0.25) is 0 Å². The van der Waals surface area contributed by atoms with Crippen molar-refractivity contribution in [3.63, 3.8) is 0 Å². The highest BCUT2D eigenvalue weighted by Gasteiger charge is 2.23. The number of hydrogen-bond acceptors (Lipinski definition) is 5. The van der Waals surface area contributed by atoms with Crippen molar-refractivity contribution >= 4 is 34.0 Å². The van der Waals surface area contributed by atoms with Gasteiger partial charge < -0.3 is 0 Å². The molecule has 0 unspecified atom stereocenters. The molecule has 0 fully saturated rings. The first-order valence-corrected chi connectivity index (χ1v) is 9.66. The highest BCUT2D eigenvalue weighted by Crippen LogP contribution is 2.30. The summed E-state index contributed by atoms with van der Waals surface area (Å²) >= 11 is 7.58. The number of thiazole rings is 1. The van der Waals surface area contributed by atoms with E-state index in [2.05, 4.69) is 20.2 Å². The Kier molecular flexibility index (Phi) is 5.15. The third-order valence-electron chi connectivity index (χ3n) is 4.37. The van der Waals surface area contributed by atoms with Gasteiger partial charge in [-0.3, -0.25) is 20.0 Å². The summed E-state index contributed by atoms with van der Waals surface area (Å²) in [4.78, 5) is 24.0. The molecule has 27 heavy (non-hydrogen) atoms. The molecule has 1 aromatic carbocycles. The van der Waals surface area contributed by atoms with E-state index < -0.39 is 0 Å². The molecule has 1 amide bonds. The van der Waals surface area contributed by atoms with Crippen molar-refractivity contribution in [1.82, 2.24) is 14.9 Å². The zero-order valence-corrected chi connectivity index (χ0v) is 15.9. The number of anilines is 1. The summed E-state index contributed by atoms with van der Waals surface area (Å²) in [7, 11) is 0. The molecule has 0 spiro atoms. The molecule has 3 aromatic rings. The number of carbonyl (C=O) groups excluding carboxylic acids is 1.